The number of hydrogen-bond donors (Lipinski definition) is 1. The van der Waals surface area contributed by atoms with E-state index in [1.54, 1.807) is 12.1 Å². The van der Waals surface area contributed by atoms with Crippen molar-refractivity contribution in [2.75, 3.05) is 14.1 Å². The van der Waals surface area contributed by atoms with Gasteiger partial charge in [-0.05, 0) is 58.6 Å². The Balaban J connectivity index is 0.000000200. The second kappa shape index (κ2) is 31.1. The standard InChI is InChI=1S/C39H30N8O15.C37H22BN7O16.ClH/c1-5-39(26-13-30-34-18(14-43(30)36(49)25(26)16-60-38(39)51)8-21-24(15-42(3)4)31(48)7-6-27(21)40-34)61-37(50)17(2)62-41-35-22-9-19(44(52)53)11-28(46(56)57)32(22)33-23(35)10-20(45(54)55)12-29(33)47(58)59;1-3-37(24-12-28-31-18(13-41(28)34(47)23(24)14-59-36(37)49)7-17-6-16(33(46)38-50)4-5-25(17)39-31)60-35(48)15(2)61-40-32-21-8-19(42(51)52)10-26(44(55)56)29(21)30-22(32)9-20(43(53)54)11-27(30)45(57)58;/h6-13,17,48H,5,14-16H2,1-4H3;4-12,15H,3,13-14H2,1-2H3;1H/t17-,39+;15-,37+;/m00./s1. The molecule has 0 radical (unpaired) electrons. The van der Waals surface area contributed by atoms with E-state index in [-0.39, 0.29) is 84.7 Å². The van der Waals surface area contributed by atoms with Crippen molar-refractivity contribution >= 4 is 128 Å². The van der Waals surface area contributed by atoms with Gasteiger partial charge >= 0.3 is 176 Å². The summed E-state index contributed by atoms with van der Waals surface area (Å²) < 4.78 is 36.4. The zero-order valence-corrected chi connectivity index (χ0v) is 65.1. The summed E-state index contributed by atoms with van der Waals surface area (Å²) in [5.74, 6) is -4.53. The van der Waals surface area contributed by atoms with Crippen LogP contribution in [0.1, 0.15) is 112 Å². The van der Waals surface area contributed by atoms with E-state index in [4.69, 9.17) is 33.6 Å². The number of nitro groups is 8. The number of aromatic nitrogens is 4. The number of nitrogens with zero attached hydrogens (tertiary/aromatic N) is 15. The zero-order valence-electron chi connectivity index (χ0n) is 64.3. The van der Waals surface area contributed by atoms with Crippen LogP contribution in [-0.2, 0) is 96.6 Å². The maximum Gasteiger partial charge on any atom is -0.147 e. The molecule has 0 bridgehead atoms. The van der Waals surface area contributed by atoms with Crippen LogP contribution in [0.3, 0.4) is 0 Å². The fourth-order valence-electron chi connectivity index (χ4n) is 15.7. The van der Waals surface area contributed by atoms with Crippen molar-refractivity contribution in [3.05, 3.63) is 272 Å². The average Bonchev–Trinajstić information content (AvgIpc) is 1.72. The molecule has 8 heterocycles. The fraction of sp³-hybridized carbons (Fsp3) is 0.224. The third-order valence-corrected chi connectivity index (χ3v) is 21.5. The number of pyridine rings is 4. The number of cyclic esters (lactones) is 2. The molecule has 4 atom stereocenters. The third-order valence-electron chi connectivity index (χ3n) is 21.5. The van der Waals surface area contributed by atoms with E-state index < -0.39 is 218 Å². The molecule has 0 saturated carbocycles. The molecule has 628 valence electrons. The Kier molecular flexibility index (Phi) is 21.1. The van der Waals surface area contributed by atoms with Gasteiger partial charge in [-0.15, -0.1) is 12.4 Å². The van der Waals surface area contributed by atoms with Gasteiger partial charge in [-0.25, -0.2) is 24.2 Å². The Morgan fingerprint density at radius 2 is 0.903 bits per heavy atom. The largest absolute Gasteiger partial charge is 0.147 e. The van der Waals surface area contributed by atoms with Gasteiger partial charge in [0.05, 0.1) is 115 Å². The number of carbonyl (C=O) groups excluding carboxylic acids is 5. The molecular formula is C76H53BClN15O31. The Labute approximate surface area is 694 Å². The number of hydrogen-bond acceptors (Lipinski definition) is 36. The van der Waals surface area contributed by atoms with Crippen LogP contribution in [0.25, 0.3) is 66.8 Å². The molecule has 48 heteroatoms. The number of aromatic hydroxyl groups is 1. The Morgan fingerprint density at radius 1 is 0.532 bits per heavy atom. The molecule has 2 aliphatic carbocycles. The van der Waals surface area contributed by atoms with E-state index in [0.29, 0.717) is 86.4 Å². The van der Waals surface area contributed by atoms with Crippen LogP contribution >= 0.6 is 12.4 Å². The van der Waals surface area contributed by atoms with E-state index in [1.165, 1.54) is 59.4 Å². The molecule has 124 heavy (non-hydrogen) atoms. The number of esters is 4. The number of phenolic OH excluding ortho intramolecular Hbond substituents is 1. The Hall–Kier alpha value is -16.4. The molecule has 6 aromatic carbocycles. The summed E-state index contributed by atoms with van der Waals surface area (Å²) in [5, 5.41) is 116. The van der Waals surface area contributed by atoms with E-state index in [0.717, 1.165) is 38.1 Å². The van der Waals surface area contributed by atoms with E-state index in [9.17, 15) is 124 Å². The zero-order chi connectivity index (χ0) is 88.5. The van der Waals surface area contributed by atoms with Crippen LogP contribution in [0.4, 0.5) is 45.5 Å². The van der Waals surface area contributed by atoms with Crippen LogP contribution in [-0.4, -0.2) is 143 Å². The molecule has 0 saturated heterocycles. The number of non-ortho nitro benzene ring substituents is 4. The summed E-state index contributed by atoms with van der Waals surface area (Å²) in [4.78, 5) is 205. The van der Waals surface area contributed by atoms with Gasteiger partial charge in [-0.1, -0.05) is 24.2 Å². The average molecular weight is 1720 g/mol. The fourth-order valence-corrected chi connectivity index (χ4v) is 15.7. The first-order chi connectivity index (χ1) is 58.3. The molecule has 4 aliphatic heterocycles. The molecule has 0 amide bonds. The van der Waals surface area contributed by atoms with Crippen LogP contribution < -0.4 is 11.1 Å². The summed E-state index contributed by atoms with van der Waals surface area (Å²) in [5.41, 5.74) is -14.3. The second-order valence-corrected chi connectivity index (χ2v) is 28.7. The van der Waals surface area contributed by atoms with Gasteiger partial charge in [0.15, 0.2) is 0 Å². The van der Waals surface area contributed by atoms with E-state index in [2.05, 4.69) is 15.3 Å². The minimum atomic E-state index is -2.25. The minimum absolute atomic E-state index is 0. The second-order valence-electron chi connectivity index (χ2n) is 28.7. The molecule has 1 N–H and O–H groups in total. The minimum Gasteiger partial charge on any atom is -0.147 e. The van der Waals surface area contributed by atoms with Crippen LogP contribution in [0.2, 0.25) is 0 Å². The van der Waals surface area contributed by atoms with E-state index >= 15 is 0 Å². The van der Waals surface area contributed by atoms with Gasteiger partial charge in [0.1, 0.15) is 23.8 Å². The molecule has 10 aromatic rings. The van der Waals surface area contributed by atoms with Gasteiger partial charge in [0.2, 0.25) is 17.8 Å². The molecule has 16 rings (SSSR count). The van der Waals surface area contributed by atoms with Crippen LogP contribution in [0, 0.1) is 80.9 Å². The van der Waals surface area contributed by atoms with Crippen molar-refractivity contribution in [2.45, 2.75) is 96.8 Å². The van der Waals surface area contributed by atoms with Crippen molar-refractivity contribution < 1.29 is 102 Å². The number of halogens is 1. The number of rotatable bonds is 22. The molecule has 0 fully saturated rings. The number of oxime groups is 2. The van der Waals surface area contributed by atoms with Gasteiger partial charge in [-0.2, -0.15) is 0 Å². The van der Waals surface area contributed by atoms with Crippen LogP contribution in [0.15, 0.2) is 123 Å². The molecule has 0 spiro atoms. The maximum absolute atomic E-state index is 14.1. The van der Waals surface area contributed by atoms with Crippen molar-refractivity contribution in [1.29, 1.82) is 0 Å². The van der Waals surface area contributed by atoms with Gasteiger partial charge in [0, 0.05) is 75.1 Å². The van der Waals surface area contributed by atoms with Crippen molar-refractivity contribution in [1.82, 2.24) is 24.0 Å². The molecule has 6 aliphatic rings. The Morgan fingerprint density at radius 3 is 1.26 bits per heavy atom. The number of phenols is 1. The first-order valence-electron chi connectivity index (χ1n) is 36.3. The smallest absolute Gasteiger partial charge is 0.147 e. The topological polar surface area (TPSA) is 621 Å². The number of carbonyl (C=O) groups is 5. The third kappa shape index (κ3) is 13.6. The summed E-state index contributed by atoms with van der Waals surface area (Å²) in [6.45, 7) is 4.81. The first-order valence-corrected chi connectivity index (χ1v) is 36.3. The van der Waals surface area contributed by atoms with Crippen molar-refractivity contribution in [3.63, 3.8) is 0 Å². The predicted molar refractivity (Wildman–Crippen MR) is 423 cm³/mol. The number of nitro benzene ring substituents is 8. The van der Waals surface area contributed by atoms with Gasteiger partial charge in [-0.3, -0.25) is 85.7 Å². The number of fused-ring (bicyclic) bond motifs is 16. The first kappa shape index (κ1) is 84.1. The SMILES string of the molecule is CC[C@]1(OC(=O)[C@H](C)ON=C2c3cc([N+](=O)[O-])cc([N+](=O)[O-])c3-c3c2cc([N+](=O)[O-])cc3[N+](=O)[O-])C(=O)OCc2c1cc1n(c2=O)Cc2cc3c(CN(C)C)c(O)ccc3nc2-1.CC[C@]1(OC(=O)[C@H](C)ON=C2c3cc([N+](=O)[O-])cc([N+](=O)[O-])c3-c3c2cc([N+](=O)[O-])cc3[N+](=O)[O-])C(=O)OCc2c1cc1n(c2=O)Cc2cc3cc(C(=O)B=O)ccc3nc2-1.Cl. The monoisotopic (exact) mass is 1720 g/mol. The molecule has 0 unspecified atom stereocenters. The molecule has 46 nitrogen and oxygen atoms in total. The van der Waals surface area contributed by atoms with Gasteiger partial charge < -0.3 is 33.7 Å². The molecular weight excluding hydrogens is 1670 g/mol. The van der Waals surface area contributed by atoms with Crippen molar-refractivity contribution in [3.8, 4) is 50.8 Å². The molecule has 4 aromatic heterocycles. The van der Waals surface area contributed by atoms with Crippen LogP contribution in [0.5, 0.6) is 5.75 Å². The summed E-state index contributed by atoms with van der Waals surface area (Å²) in [6.07, 6.45) is -4.08. The van der Waals surface area contributed by atoms with E-state index in [1.807, 2.05) is 25.1 Å². The number of ether oxygens (including phenoxy) is 4. The predicted octanol–water partition coefficient (Wildman–Crippen LogP) is 9.58. The summed E-state index contributed by atoms with van der Waals surface area (Å²) >= 11 is 0. The summed E-state index contributed by atoms with van der Waals surface area (Å²) in [6, 6.07) is 19.6. The normalized spacial score (nSPS) is 15.8. The quantitative estimate of drug-likeness (QED) is 0.0217. The van der Waals surface area contributed by atoms with Crippen molar-refractivity contribution in [2.24, 2.45) is 10.3 Å². The number of benzene rings is 6. The van der Waals surface area contributed by atoms with Gasteiger partial charge in [0.25, 0.3) is 51.1 Å². The Bertz CT molecular complexity index is 6720. The summed E-state index contributed by atoms with van der Waals surface area (Å²) in [7, 11) is 3.88. The maximum atomic E-state index is 14.1.